The number of carbonyl (C=O) groups excluding carboxylic acids is 2. The Morgan fingerprint density at radius 3 is 2.50 bits per heavy atom. The number of rotatable bonds is 3. The summed E-state index contributed by atoms with van der Waals surface area (Å²) in [5, 5.41) is 2.79. The standard InChI is InChI=1S/C15H17BrN2O2/c1-9-15(20)18(8-10-2-6-12(16)7-3-10)13(11-4-5-11)14(19)17-9/h2-3,6-7,9,11,13H,4-5,8H2,1H3,(H,17,19). The molecule has 5 heteroatoms. The van der Waals surface area contributed by atoms with E-state index in [-0.39, 0.29) is 17.9 Å². The van der Waals surface area contributed by atoms with Gasteiger partial charge in [-0.05, 0) is 43.4 Å². The van der Waals surface area contributed by atoms with Crippen LogP contribution in [0.1, 0.15) is 25.3 Å². The molecule has 2 atom stereocenters. The smallest absolute Gasteiger partial charge is 0.245 e. The van der Waals surface area contributed by atoms with Crippen molar-refractivity contribution in [2.45, 2.75) is 38.4 Å². The molecule has 2 amide bonds. The topological polar surface area (TPSA) is 49.4 Å². The van der Waals surface area contributed by atoms with E-state index < -0.39 is 6.04 Å². The zero-order chi connectivity index (χ0) is 14.3. The zero-order valence-electron chi connectivity index (χ0n) is 11.3. The summed E-state index contributed by atoms with van der Waals surface area (Å²) in [6, 6.07) is 7.17. The largest absolute Gasteiger partial charge is 0.343 e. The summed E-state index contributed by atoms with van der Waals surface area (Å²) >= 11 is 3.40. The average molecular weight is 337 g/mol. The maximum absolute atomic E-state index is 12.4. The van der Waals surface area contributed by atoms with E-state index in [0.29, 0.717) is 12.5 Å². The van der Waals surface area contributed by atoms with Crippen molar-refractivity contribution >= 4 is 27.7 Å². The van der Waals surface area contributed by atoms with Gasteiger partial charge in [0.1, 0.15) is 12.1 Å². The van der Waals surface area contributed by atoms with Gasteiger partial charge in [0.2, 0.25) is 11.8 Å². The van der Waals surface area contributed by atoms with Crippen molar-refractivity contribution in [1.82, 2.24) is 10.2 Å². The summed E-state index contributed by atoms with van der Waals surface area (Å²) in [5.74, 6) is 0.350. The number of benzene rings is 1. The van der Waals surface area contributed by atoms with E-state index in [0.717, 1.165) is 22.9 Å². The second-order valence-corrected chi connectivity index (χ2v) is 6.52. The highest BCUT2D eigenvalue weighted by molar-refractivity contribution is 9.10. The minimum atomic E-state index is -0.423. The Morgan fingerprint density at radius 2 is 1.90 bits per heavy atom. The molecule has 0 aromatic heterocycles. The number of nitrogens with one attached hydrogen (secondary N) is 1. The SMILES string of the molecule is CC1NC(=O)C(C2CC2)N(Cc2ccc(Br)cc2)C1=O. The Morgan fingerprint density at radius 1 is 1.25 bits per heavy atom. The van der Waals surface area contributed by atoms with E-state index in [9.17, 15) is 9.59 Å². The van der Waals surface area contributed by atoms with Gasteiger partial charge in [0.25, 0.3) is 0 Å². The molecule has 0 bridgehead atoms. The predicted octanol–water partition coefficient (Wildman–Crippen LogP) is 2.07. The molecule has 1 aliphatic carbocycles. The first-order valence-electron chi connectivity index (χ1n) is 6.91. The summed E-state index contributed by atoms with van der Waals surface area (Å²) in [7, 11) is 0. The lowest BCUT2D eigenvalue weighted by atomic mass is 10.0. The Labute approximate surface area is 126 Å². The second-order valence-electron chi connectivity index (χ2n) is 5.61. The van der Waals surface area contributed by atoms with E-state index in [1.54, 1.807) is 11.8 Å². The summed E-state index contributed by atoms with van der Waals surface area (Å²) in [4.78, 5) is 26.3. The van der Waals surface area contributed by atoms with Crippen molar-refractivity contribution in [3.63, 3.8) is 0 Å². The van der Waals surface area contributed by atoms with Crippen molar-refractivity contribution < 1.29 is 9.59 Å². The van der Waals surface area contributed by atoms with Crippen LogP contribution in [0.4, 0.5) is 0 Å². The van der Waals surface area contributed by atoms with Crippen LogP contribution in [0.5, 0.6) is 0 Å². The van der Waals surface area contributed by atoms with Gasteiger partial charge < -0.3 is 10.2 Å². The molecular weight excluding hydrogens is 320 g/mol. The Balaban J connectivity index is 1.84. The molecule has 0 radical (unpaired) electrons. The summed E-state index contributed by atoms with van der Waals surface area (Å²) in [6.45, 7) is 2.25. The van der Waals surface area contributed by atoms with Crippen molar-refractivity contribution in [3.8, 4) is 0 Å². The number of halogens is 1. The summed E-state index contributed by atoms with van der Waals surface area (Å²) in [5.41, 5.74) is 1.05. The average Bonchev–Trinajstić information content (AvgIpc) is 3.22. The van der Waals surface area contributed by atoms with Gasteiger partial charge in [-0.2, -0.15) is 0 Å². The first-order valence-corrected chi connectivity index (χ1v) is 7.71. The van der Waals surface area contributed by atoms with Gasteiger partial charge in [0.05, 0.1) is 0 Å². The number of nitrogens with zero attached hydrogens (tertiary/aromatic N) is 1. The molecule has 2 unspecified atom stereocenters. The van der Waals surface area contributed by atoms with Gasteiger partial charge in [-0.1, -0.05) is 28.1 Å². The van der Waals surface area contributed by atoms with Crippen LogP contribution in [0.3, 0.4) is 0 Å². The maximum Gasteiger partial charge on any atom is 0.245 e. The quantitative estimate of drug-likeness (QED) is 0.918. The van der Waals surface area contributed by atoms with Gasteiger partial charge in [0, 0.05) is 11.0 Å². The van der Waals surface area contributed by atoms with E-state index in [2.05, 4.69) is 21.2 Å². The van der Waals surface area contributed by atoms with Gasteiger partial charge in [-0.3, -0.25) is 9.59 Å². The number of amides is 2. The molecule has 1 aromatic carbocycles. The fourth-order valence-corrected chi connectivity index (χ4v) is 3.00. The summed E-state index contributed by atoms with van der Waals surface area (Å²) < 4.78 is 1.01. The molecule has 20 heavy (non-hydrogen) atoms. The molecule has 2 aliphatic rings. The number of carbonyl (C=O) groups is 2. The molecule has 1 heterocycles. The highest BCUT2D eigenvalue weighted by Gasteiger charge is 2.46. The van der Waals surface area contributed by atoms with Crippen LogP contribution in [0, 0.1) is 5.92 Å². The van der Waals surface area contributed by atoms with E-state index in [1.165, 1.54) is 0 Å². The van der Waals surface area contributed by atoms with Crippen LogP contribution < -0.4 is 5.32 Å². The van der Waals surface area contributed by atoms with Gasteiger partial charge >= 0.3 is 0 Å². The molecule has 4 nitrogen and oxygen atoms in total. The molecule has 0 spiro atoms. The van der Waals surface area contributed by atoms with Crippen LogP contribution >= 0.6 is 15.9 Å². The lowest BCUT2D eigenvalue weighted by Gasteiger charge is -2.38. The molecule has 1 saturated heterocycles. The lowest BCUT2D eigenvalue weighted by Crippen LogP contribution is -2.62. The fourth-order valence-electron chi connectivity index (χ4n) is 2.73. The molecule has 2 fully saturated rings. The Hall–Kier alpha value is -1.36. The van der Waals surface area contributed by atoms with Crippen LogP contribution in [-0.4, -0.2) is 28.8 Å². The van der Waals surface area contributed by atoms with Crippen molar-refractivity contribution in [2.24, 2.45) is 5.92 Å². The fraction of sp³-hybridized carbons (Fsp3) is 0.467. The number of hydrogen-bond donors (Lipinski definition) is 1. The van der Waals surface area contributed by atoms with Crippen molar-refractivity contribution in [2.75, 3.05) is 0 Å². The Kier molecular flexibility index (Phi) is 3.54. The highest BCUT2D eigenvalue weighted by atomic mass is 79.9. The molecule has 1 aliphatic heterocycles. The monoisotopic (exact) mass is 336 g/mol. The van der Waals surface area contributed by atoms with Crippen molar-refractivity contribution in [1.29, 1.82) is 0 Å². The normalized spacial score (nSPS) is 26.6. The van der Waals surface area contributed by atoms with Gasteiger partial charge in [0.15, 0.2) is 0 Å². The predicted molar refractivity (Wildman–Crippen MR) is 78.8 cm³/mol. The van der Waals surface area contributed by atoms with Crippen LogP contribution in [0.25, 0.3) is 0 Å². The molecule has 3 rings (SSSR count). The number of hydrogen-bond acceptors (Lipinski definition) is 2. The molecule has 1 N–H and O–H groups in total. The van der Waals surface area contributed by atoms with E-state index >= 15 is 0 Å². The third-order valence-corrected chi connectivity index (χ3v) is 4.48. The van der Waals surface area contributed by atoms with Crippen molar-refractivity contribution in [3.05, 3.63) is 34.3 Å². The molecule has 106 valence electrons. The van der Waals surface area contributed by atoms with Crippen LogP contribution in [0.15, 0.2) is 28.7 Å². The first-order chi connectivity index (χ1) is 9.56. The molecule has 1 aromatic rings. The van der Waals surface area contributed by atoms with E-state index in [4.69, 9.17) is 0 Å². The second kappa shape index (κ2) is 5.20. The minimum absolute atomic E-state index is 0.00304. The summed E-state index contributed by atoms with van der Waals surface area (Å²) in [6.07, 6.45) is 2.08. The van der Waals surface area contributed by atoms with Crippen LogP contribution in [-0.2, 0) is 16.1 Å². The van der Waals surface area contributed by atoms with Gasteiger partial charge in [-0.25, -0.2) is 0 Å². The molecule has 1 saturated carbocycles. The maximum atomic E-state index is 12.4. The van der Waals surface area contributed by atoms with Crippen LogP contribution in [0.2, 0.25) is 0 Å². The minimum Gasteiger partial charge on any atom is -0.343 e. The molecular formula is C15H17BrN2O2. The third kappa shape index (κ3) is 2.59. The zero-order valence-corrected chi connectivity index (χ0v) is 12.9. The van der Waals surface area contributed by atoms with Gasteiger partial charge in [-0.15, -0.1) is 0 Å². The highest BCUT2D eigenvalue weighted by Crippen LogP contribution is 2.37. The lowest BCUT2D eigenvalue weighted by molar-refractivity contribution is -0.150. The third-order valence-electron chi connectivity index (χ3n) is 3.95. The first kappa shape index (κ1) is 13.6. The number of piperazine rings is 1. The Bertz CT molecular complexity index is 539. The van der Waals surface area contributed by atoms with E-state index in [1.807, 2.05) is 24.3 Å².